The Kier molecular flexibility index (Phi) is 2.29. The largest absolute Gasteiger partial charge is 0.275 e. The van der Waals surface area contributed by atoms with Crippen LogP contribution < -0.4 is 0 Å². The van der Waals surface area contributed by atoms with Crippen LogP contribution in [0.4, 0.5) is 0 Å². The van der Waals surface area contributed by atoms with Gasteiger partial charge in [-0.25, -0.2) is 4.98 Å². The molecule has 2 aromatic heterocycles. The van der Waals surface area contributed by atoms with E-state index < -0.39 is 0 Å². The van der Waals surface area contributed by atoms with Gasteiger partial charge in [0, 0.05) is 18.6 Å². The predicted octanol–water partition coefficient (Wildman–Crippen LogP) is 1.61. The van der Waals surface area contributed by atoms with E-state index in [4.69, 9.17) is 5.26 Å². The van der Waals surface area contributed by atoms with Crippen LogP contribution >= 0.6 is 11.3 Å². The first kappa shape index (κ1) is 8.91. The topological polar surface area (TPSA) is 54.5 Å². The van der Waals surface area contributed by atoms with Crippen LogP contribution in [-0.2, 0) is 13.5 Å². The lowest BCUT2D eigenvalue weighted by molar-refractivity contribution is 0.770. The average Bonchev–Trinajstić information content (AvgIpc) is 2.74. The van der Waals surface area contributed by atoms with Gasteiger partial charge in [0.05, 0.1) is 18.2 Å². The molecule has 5 heteroatoms. The fourth-order valence-electron chi connectivity index (χ4n) is 1.12. The standard InChI is InChI=1S/C9H8N4S/c1-13-5-3-8(12-13)9-11-7(2-4-10)6-14-9/h3,5-6H,2H2,1H3. The van der Waals surface area contributed by atoms with Gasteiger partial charge in [0.2, 0.25) is 0 Å². The molecule has 0 saturated carbocycles. The summed E-state index contributed by atoms with van der Waals surface area (Å²) in [4.78, 5) is 4.30. The van der Waals surface area contributed by atoms with Crippen LogP contribution in [0, 0.1) is 11.3 Å². The highest BCUT2D eigenvalue weighted by Gasteiger charge is 2.06. The number of nitriles is 1. The van der Waals surface area contributed by atoms with Crippen molar-refractivity contribution >= 4 is 11.3 Å². The Balaban J connectivity index is 2.30. The van der Waals surface area contributed by atoms with Gasteiger partial charge in [-0.15, -0.1) is 11.3 Å². The molecule has 0 aliphatic carbocycles. The molecule has 0 N–H and O–H groups in total. The summed E-state index contributed by atoms with van der Waals surface area (Å²) in [5.41, 5.74) is 1.68. The molecule has 70 valence electrons. The predicted molar refractivity (Wildman–Crippen MR) is 53.6 cm³/mol. The molecule has 2 heterocycles. The molecule has 14 heavy (non-hydrogen) atoms. The number of thiazole rings is 1. The summed E-state index contributed by atoms with van der Waals surface area (Å²) in [5.74, 6) is 0. The lowest BCUT2D eigenvalue weighted by atomic mass is 10.4. The van der Waals surface area contributed by atoms with Gasteiger partial charge < -0.3 is 0 Å². The van der Waals surface area contributed by atoms with Gasteiger partial charge in [-0.3, -0.25) is 4.68 Å². The van der Waals surface area contributed by atoms with E-state index in [-0.39, 0.29) is 0 Å². The van der Waals surface area contributed by atoms with Crippen LogP contribution in [0.3, 0.4) is 0 Å². The molecule has 4 nitrogen and oxygen atoms in total. The van der Waals surface area contributed by atoms with Crippen molar-refractivity contribution in [2.45, 2.75) is 6.42 Å². The third-order valence-corrected chi connectivity index (χ3v) is 2.66. The van der Waals surface area contributed by atoms with E-state index >= 15 is 0 Å². The van der Waals surface area contributed by atoms with Crippen molar-refractivity contribution in [3.05, 3.63) is 23.3 Å². The van der Waals surface area contributed by atoms with Gasteiger partial charge in [-0.05, 0) is 6.07 Å². The molecule has 0 bridgehead atoms. The summed E-state index contributed by atoms with van der Waals surface area (Å²) in [5, 5.41) is 15.5. The molecule has 2 aromatic rings. The molecular weight excluding hydrogens is 196 g/mol. The zero-order valence-corrected chi connectivity index (χ0v) is 8.45. The highest BCUT2D eigenvalue weighted by atomic mass is 32.1. The second kappa shape index (κ2) is 3.60. The molecule has 0 fully saturated rings. The first-order valence-electron chi connectivity index (χ1n) is 4.11. The second-order valence-corrected chi connectivity index (χ2v) is 3.71. The molecule has 0 atom stereocenters. The van der Waals surface area contributed by atoms with Gasteiger partial charge in [0.15, 0.2) is 0 Å². The molecule has 0 saturated heterocycles. The summed E-state index contributed by atoms with van der Waals surface area (Å²) in [6, 6.07) is 3.98. The van der Waals surface area contributed by atoms with E-state index in [2.05, 4.69) is 16.2 Å². The lowest BCUT2D eigenvalue weighted by Gasteiger charge is -1.87. The van der Waals surface area contributed by atoms with E-state index in [0.29, 0.717) is 6.42 Å². The smallest absolute Gasteiger partial charge is 0.144 e. The molecule has 0 aliphatic rings. The zero-order valence-electron chi connectivity index (χ0n) is 7.64. The van der Waals surface area contributed by atoms with Crippen molar-refractivity contribution in [2.75, 3.05) is 0 Å². The molecule has 0 spiro atoms. The van der Waals surface area contributed by atoms with E-state index in [1.807, 2.05) is 24.7 Å². The van der Waals surface area contributed by atoms with Crippen molar-refractivity contribution < 1.29 is 0 Å². The minimum absolute atomic E-state index is 0.364. The monoisotopic (exact) mass is 204 g/mol. The Morgan fingerprint density at radius 3 is 3.14 bits per heavy atom. The summed E-state index contributed by atoms with van der Waals surface area (Å²) in [6.07, 6.45) is 2.24. The Hall–Kier alpha value is -1.67. The van der Waals surface area contributed by atoms with Crippen LogP contribution in [0.5, 0.6) is 0 Å². The highest BCUT2D eigenvalue weighted by Crippen LogP contribution is 2.21. The molecule has 0 aromatic carbocycles. The highest BCUT2D eigenvalue weighted by molar-refractivity contribution is 7.13. The van der Waals surface area contributed by atoms with Gasteiger partial charge in [0.25, 0.3) is 0 Å². The summed E-state index contributed by atoms with van der Waals surface area (Å²) < 4.78 is 1.74. The SMILES string of the molecule is Cn1ccc(-c2nc(CC#N)cs2)n1. The van der Waals surface area contributed by atoms with Crippen molar-refractivity contribution in [1.82, 2.24) is 14.8 Å². The number of aryl methyl sites for hydroxylation is 1. The number of rotatable bonds is 2. The van der Waals surface area contributed by atoms with E-state index in [0.717, 1.165) is 16.4 Å². The number of aromatic nitrogens is 3. The summed E-state index contributed by atoms with van der Waals surface area (Å²) in [7, 11) is 1.87. The third kappa shape index (κ3) is 1.65. The van der Waals surface area contributed by atoms with Crippen molar-refractivity contribution in [1.29, 1.82) is 5.26 Å². The average molecular weight is 204 g/mol. The summed E-state index contributed by atoms with van der Waals surface area (Å²) >= 11 is 1.52. The van der Waals surface area contributed by atoms with Crippen LogP contribution in [0.1, 0.15) is 5.69 Å². The van der Waals surface area contributed by atoms with Crippen molar-refractivity contribution in [2.24, 2.45) is 7.05 Å². The number of nitrogens with zero attached hydrogens (tertiary/aromatic N) is 4. The van der Waals surface area contributed by atoms with Crippen LogP contribution in [0.15, 0.2) is 17.6 Å². The summed E-state index contributed by atoms with van der Waals surface area (Å²) in [6.45, 7) is 0. The third-order valence-electron chi connectivity index (χ3n) is 1.74. The van der Waals surface area contributed by atoms with E-state index in [1.54, 1.807) is 4.68 Å². The first-order valence-corrected chi connectivity index (χ1v) is 4.99. The minimum Gasteiger partial charge on any atom is -0.275 e. The van der Waals surface area contributed by atoms with Crippen molar-refractivity contribution in [3.8, 4) is 16.8 Å². The molecule has 0 unspecified atom stereocenters. The lowest BCUT2D eigenvalue weighted by Crippen LogP contribution is -1.88. The maximum atomic E-state index is 8.50. The normalized spacial score (nSPS) is 10.0. The fraction of sp³-hybridized carbons (Fsp3) is 0.222. The van der Waals surface area contributed by atoms with Gasteiger partial charge in [-0.1, -0.05) is 0 Å². The second-order valence-electron chi connectivity index (χ2n) is 2.85. The Morgan fingerprint density at radius 2 is 2.50 bits per heavy atom. The van der Waals surface area contributed by atoms with Crippen LogP contribution in [0.25, 0.3) is 10.7 Å². The van der Waals surface area contributed by atoms with Crippen LogP contribution in [-0.4, -0.2) is 14.8 Å². The van der Waals surface area contributed by atoms with Gasteiger partial charge in [0.1, 0.15) is 10.7 Å². The molecular formula is C9H8N4S. The fourth-order valence-corrected chi connectivity index (χ4v) is 1.90. The Labute approximate surface area is 85.4 Å². The molecule has 0 radical (unpaired) electrons. The first-order chi connectivity index (χ1) is 6.79. The van der Waals surface area contributed by atoms with Crippen LogP contribution in [0.2, 0.25) is 0 Å². The maximum Gasteiger partial charge on any atom is 0.144 e. The van der Waals surface area contributed by atoms with E-state index in [1.165, 1.54) is 11.3 Å². The Morgan fingerprint density at radius 1 is 1.64 bits per heavy atom. The Bertz CT molecular complexity index is 477. The quantitative estimate of drug-likeness (QED) is 0.746. The molecule has 0 amide bonds. The minimum atomic E-state index is 0.364. The maximum absolute atomic E-state index is 8.50. The number of hydrogen-bond acceptors (Lipinski definition) is 4. The van der Waals surface area contributed by atoms with Crippen molar-refractivity contribution in [3.63, 3.8) is 0 Å². The zero-order chi connectivity index (χ0) is 9.97. The molecule has 2 rings (SSSR count). The van der Waals surface area contributed by atoms with E-state index in [9.17, 15) is 0 Å². The number of hydrogen-bond donors (Lipinski definition) is 0. The van der Waals surface area contributed by atoms with Gasteiger partial charge in [-0.2, -0.15) is 10.4 Å². The molecule has 0 aliphatic heterocycles. The van der Waals surface area contributed by atoms with Gasteiger partial charge >= 0.3 is 0 Å².